The summed E-state index contributed by atoms with van der Waals surface area (Å²) < 4.78 is 16.5. The summed E-state index contributed by atoms with van der Waals surface area (Å²) in [5, 5.41) is 3.38. The average molecular weight is 590 g/mol. The highest BCUT2D eigenvalue weighted by atomic mass is 16.6. The number of aryl methyl sites for hydroxylation is 1. The van der Waals surface area contributed by atoms with Crippen LogP contribution in [-0.2, 0) is 22.5 Å². The van der Waals surface area contributed by atoms with E-state index in [0.717, 1.165) is 41.2 Å². The van der Waals surface area contributed by atoms with Crippen LogP contribution in [0.2, 0.25) is 0 Å². The van der Waals surface area contributed by atoms with Gasteiger partial charge in [-0.3, -0.25) is 9.78 Å². The topological polar surface area (TPSA) is 106 Å². The number of aromatic nitrogens is 2. The van der Waals surface area contributed by atoms with Crippen molar-refractivity contribution in [2.24, 2.45) is 0 Å². The fraction of sp³-hybridized carbons (Fsp3) is 0.455. The molecule has 0 saturated carbocycles. The van der Waals surface area contributed by atoms with E-state index in [1.807, 2.05) is 81.1 Å². The number of hydrogen-bond acceptors (Lipinski definition) is 8. The van der Waals surface area contributed by atoms with Crippen molar-refractivity contribution in [3.8, 4) is 11.5 Å². The Hall–Kier alpha value is -4.34. The highest BCUT2D eigenvalue weighted by Crippen LogP contribution is 2.31. The van der Waals surface area contributed by atoms with Crippen LogP contribution in [0.15, 0.2) is 60.9 Å². The first-order chi connectivity index (χ1) is 20.6. The van der Waals surface area contributed by atoms with Crippen LogP contribution in [0.4, 0.5) is 10.6 Å². The monoisotopic (exact) mass is 589 g/mol. The van der Waals surface area contributed by atoms with E-state index in [2.05, 4.69) is 10.3 Å². The van der Waals surface area contributed by atoms with Gasteiger partial charge in [0.1, 0.15) is 22.9 Å². The average Bonchev–Trinajstić information content (AvgIpc) is 3.34. The lowest BCUT2D eigenvalue weighted by Gasteiger charge is -2.29. The summed E-state index contributed by atoms with van der Waals surface area (Å²) in [6.07, 6.45) is 4.87. The number of esters is 1. The maximum Gasteiger partial charge on any atom is 0.320 e. The molecule has 3 aromatic rings. The van der Waals surface area contributed by atoms with Crippen molar-refractivity contribution in [2.45, 2.75) is 65.1 Å². The van der Waals surface area contributed by atoms with E-state index in [-0.39, 0.29) is 18.4 Å². The van der Waals surface area contributed by atoms with Gasteiger partial charge in [-0.2, -0.15) is 0 Å². The summed E-state index contributed by atoms with van der Waals surface area (Å²) >= 11 is 0. The van der Waals surface area contributed by atoms with E-state index >= 15 is 0 Å². The SMILES string of the molecule is CCOc1cncc([C@H](CC(=O)OC(C)(C)C)N2CCN(CCCc3cccc(NCc4ccc(OC)cc4)n3)C2=O)c1. The normalized spacial score (nSPS) is 14.0. The molecule has 10 nitrogen and oxygen atoms in total. The molecule has 43 heavy (non-hydrogen) atoms. The second kappa shape index (κ2) is 14.7. The molecule has 230 valence electrons. The van der Waals surface area contributed by atoms with Crippen molar-refractivity contribution in [2.75, 3.05) is 38.7 Å². The smallest absolute Gasteiger partial charge is 0.320 e. The number of benzene rings is 1. The lowest BCUT2D eigenvalue weighted by Crippen LogP contribution is -2.37. The van der Waals surface area contributed by atoms with Crippen molar-refractivity contribution in [1.82, 2.24) is 19.8 Å². The number of carbonyl (C=O) groups is 2. The van der Waals surface area contributed by atoms with E-state index in [4.69, 9.17) is 19.2 Å². The van der Waals surface area contributed by atoms with E-state index in [9.17, 15) is 9.59 Å². The van der Waals surface area contributed by atoms with Gasteiger partial charge in [0.05, 0.1) is 32.4 Å². The molecular weight excluding hydrogens is 546 g/mol. The molecule has 0 unspecified atom stereocenters. The summed E-state index contributed by atoms with van der Waals surface area (Å²) in [7, 11) is 1.66. The number of nitrogens with zero attached hydrogens (tertiary/aromatic N) is 4. The minimum absolute atomic E-state index is 0.0361. The van der Waals surface area contributed by atoms with Crippen molar-refractivity contribution >= 4 is 17.8 Å². The molecule has 3 heterocycles. The lowest BCUT2D eigenvalue weighted by atomic mass is 10.0. The van der Waals surface area contributed by atoms with Crippen molar-refractivity contribution in [3.05, 3.63) is 77.7 Å². The predicted octanol–water partition coefficient (Wildman–Crippen LogP) is 5.64. The van der Waals surface area contributed by atoms with Crippen LogP contribution in [0, 0.1) is 0 Å². The quantitative estimate of drug-likeness (QED) is 0.241. The standard InChI is InChI=1S/C33H43N5O5/c1-6-42-28-19-25(22-34-23-28)29(20-31(39)43-33(2,3)4)38-18-17-37(32(38)40)16-8-10-26-9-7-11-30(36-26)35-21-24-12-14-27(41-5)15-13-24/h7,9,11-15,19,22-23,29H,6,8,10,16-18,20-21H2,1-5H3,(H,35,36)/t29-/m0/s1. The number of rotatable bonds is 14. The van der Waals surface area contributed by atoms with Gasteiger partial charge in [-0.15, -0.1) is 0 Å². The first-order valence-electron chi connectivity index (χ1n) is 14.8. The molecule has 1 aromatic carbocycles. The Balaban J connectivity index is 1.35. The van der Waals surface area contributed by atoms with Gasteiger partial charge in [-0.05, 0) is 82.0 Å². The molecule has 0 bridgehead atoms. The molecule has 1 atom stereocenters. The summed E-state index contributed by atoms with van der Waals surface area (Å²) in [4.78, 5) is 39.1. The molecule has 0 spiro atoms. The Morgan fingerprint density at radius 3 is 2.58 bits per heavy atom. The Kier molecular flexibility index (Phi) is 10.8. The summed E-state index contributed by atoms with van der Waals surface area (Å²) in [5.74, 6) is 1.88. The number of ether oxygens (including phenoxy) is 3. The lowest BCUT2D eigenvalue weighted by molar-refractivity contribution is -0.156. The van der Waals surface area contributed by atoms with Gasteiger partial charge in [0.15, 0.2) is 0 Å². The third kappa shape index (κ3) is 9.33. The molecule has 0 radical (unpaired) electrons. The van der Waals surface area contributed by atoms with Gasteiger partial charge < -0.3 is 29.3 Å². The van der Waals surface area contributed by atoms with Crippen molar-refractivity contribution < 1.29 is 23.8 Å². The highest BCUT2D eigenvalue weighted by molar-refractivity contribution is 5.79. The third-order valence-corrected chi connectivity index (χ3v) is 7.01. The number of nitrogens with one attached hydrogen (secondary N) is 1. The first kappa shape index (κ1) is 31.6. The van der Waals surface area contributed by atoms with Crippen LogP contribution in [0.3, 0.4) is 0 Å². The van der Waals surface area contributed by atoms with E-state index in [1.165, 1.54) is 0 Å². The van der Waals surface area contributed by atoms with Gasteiger partial charge in [0, 0.05) is 38.1 Å². The van der Waals surface area contributed by atoms with Crippen LogP contribution in [0.5, 0.6) is 11.5 Å². The second-order valence-corrected chi connectivity index (χ2v) is 11.5. The van der Waals surface area contributed by atoms with Crippen molar-refractivity contribution in [1.29, 1.82) is 0 Å². The van der Waals surface area contributed by atoms with Crippen LogP contribution in [0.25, 0.3) is 0 Å². The molecule has 1 N–H and O–H groups in total. The maximum absolute atomic E-state index is 13.6. The number of amides is 2. The number of anilines is 1. The molecule has 2 amide bonds. The Morgan fingerprint density at radius 1 is 1.07 bits per heavy atom. The van der Waals surface area contributed by atoms with E-state index in [0.29, 0.717) is 38.5 Å². The van der Waals surface area contributed by atoms with Gasteiger partial charge in [0.25, 0.3) is 0 Å². The van der Waals surface area contributed by atoms with Crippen LogP contribution >= 0.6 is 0 Å². The molecule has 10 heteroatoms. The van der Waals surface area contributed by atoms with Crippen molar-refractivity contribution in [3.63, 3.8) is 0 Å². The number of methoxy groups -OCH3 is 1. The van der Waals surface area contributed by atoms with Gasteiger partial charge in [-0.25, -0.2) is 9.78 Å². The Morgan fingerprint density at radius 2 is 1.86 bits per heavy atom. The Labute approximate surface area is 254 Å². The summed E-state index contributed by atoms with van der Waals surface area (Å²) in [6, 6.07) is 15.1. The third-order valence-electron chi connectivity index (χ3n) is 7.01. The minimum Gasteiger partial charge on any atom is -0.497 e. The minimum atomic E-state index is -0.620. The molecule has 2 aromatic heterocycles. The highest BCUT2D eigenvalue weighted by Gasteiger charge is 2.36. The van der Waals surface area contributed by atoms with E-state index < -0.39 is 11.6 Å². The molecule has 0 aliphatic carbocycles. The fourth-order valence-corrected chi connectivity index (χ4v) is 5.01. The molecule has 1 aliphatic rings. The fourth-order valence-electron chi connectivity index (χ4n) is 5.01. The molecular formula is C33H43N5O5. The molecule has 4 rings (SSSR count). The summed E-state index contributed by atoms with van der Waals surface area (Å²) in [6.45, 7) is 10.2. The number of hydrogen-bond donors (Lipinski definition) is 1. The van der Waals surface area contributed by atoms with Crippen LogP contribution < -0.4 is 14.8 Å². The van der Waals surface area contributed by atoms with E-state index in [1.54, 1.807) is 24.4 Å². The molecule has 1 aliphatic heterocycles. The zero-order valence-electron chi connectivity index (χ0n) is 25.8. The second-order valence-electron chi connectivity index (χ2n) is 11.5. The zero-order valence-corrected chi connectivity index (χ0v) is 25.8. The Bertz CT molecular complexity index is 1360. The van der Waals surface area contributed by atoms with Gasteiger partial charge in [0.2, 0.25) is 0 Å². The molecule has 1 saturated heterocycles. The summed E-state index contributed by atoms with van der Waals surface area (Å²) in [5.41, 5.74) is 2.22. The zero-order chi connectivity index (χ0) is 30.8. The number of pyridine rings is 2. The largest absolute Gasteiger partial charge is 0.497 e. The maximum atomic E-state index is 13.6. The molecule has 1 fully saturated rings. The van der Waals surface area contributed by atoms with Gasteiger partial charge >= 0.3 is 12.0 Å². The van der Waals surface area contributed by atoms with Crippen LogP contribution in [-0.4, -0.2) is 70.7 Å². The number of carbonyl (C=O) groups excluding carboxylic acids is 2. The first-order valence-corrected chi connectivity index (χ1v) is 14.8. The van der Waals surface area contributed by atoms with Crippen LogP contribution in [0.1, 0.15) is 63.4 Å². The predicted molar refractivity (Wildman–Crippen MR) is 165 cm³/mol. The van der Waals surface area contributed by atoms with Gasteiger partial charge in [-0.1, -0.05) is 18.2 Å². The number of urea groups is 1.